The number of carbonyl (C=O) groups is 1. The first-order valence-corrected chi connectivity index (χ1v) is 9.77. The summed E-state index contributed by atoms with van der Waals surface area (Å²) in [6.45, 7) is 5.11. The standard InChI is InChI=1S/C20H22N4OS/c25-20(19-7-3-14-26-19)23-12-10-22(11-13-23)15-17-5-1-2-6-18(17)16-24-9-4-8-21-24/h1-9,14H,10-13,15-16H2. The van der Waals surface area contributed by atoms with Gasteiger partial charge in [0.05, 0.1) is 11.4 Å². The van der Waals surface area contributed by atoms with Crippen LogP contribution in [0.25, 0.3) is 0 Å². The number of piperazine rings is 1. The number of aromatic nitrogens is 2. The lowest BCUT2D eigenvalue weighted by Gasteiger charge is -2.34. The van der Waals surface area contributed by atoms with Crippen molar-refractivity contribution in [1.82, 2.24) is 19.6 Å². The molecule has 0 spiro atoms. The van der Waals surface area contributed by atoms with E-state index in [4.69, 9.17) is 0 Å². The van der Waals surface area contributed by atoms with Crippen LogP contribution in [0.1, 0.15) is 20.8 Å². The molecule has 0 radical (unpaired) electrons. The number of hydrogen-bond donors (Lipinski definition) is 0. The Kier molecular flexibility index (Phi) is 5.13. The van der Waals surface area contributed by atoms with E-state index in [0.717, 1.165) is 44.1 Å². The van der Waals surface area contributed by atoms with Crippen LogP contribution in [0.15, 0.2) is 60.2 Å². The van der Waals surface area contributed by atoms with E-state index in [-0.39, 0.29) is 5.91 Å². The average Bonchev–Trinajstić information content (AvgIpc) is 3.37. The van der Waals surface area contributed by atoms with E-state index in [0.29, 0.717) is 0 Å². The molecule has 3 heterocycles. The fourth-order valence-corrected chi connectivity index (χ4v) is 4.03. The first-order valence-electron chi connectivity index (χ1n) is 8.89. The number of thiophene rings is 1. The highest BCUT2D eigenvalue weighted by Crippen LogP contribution is 2.17. The third-order valence-electron chi connectivity index (χ3n) is 4.80. The average molecular weight is 366 g/mol. The molecule has 1 fully saturated rings. The number of amides is 1. The largest absolute Gasteiger partial charge is 0.335 e. The highest BCUT2D eigenvalue weighted by molar-refractivity contribution is 7.12. The van der Waals surface area contributed by atoms with Crippen LogP contribution in [-0.2, 0) is 13.1 Å². The predicted molar refractivity (Wildman–Crippen MR) is 103 cm³/mol. The van der Waals surface area contributed by atoms with Crippen molar-refractivity contribution >= 4 is 17.2 Å². The molecule has 4 rings (SSSR count). The van der Waals surface area contributed by atoms with Gasteiger partial charge in [-0.1, -0.05) is 30.3 Å². The molecule has 0 bridgehead atoms. The smallest absolute Gasteiger partial charge is 0.264 e. The molecule has 1 aliphatic heterocycles. The van der Waals surface area contributed by atoms with Crippen molar-refractivity contribution in [2.45, 2.75) is 13.1 Å². The fraction of sp³-hybridized carbons (Fsp3) is 0.300. The molecular formula is C20H22N4OS. The molecule has 0 saturated carbocycles. The van der Waals surface area contributed by atoms with Crippen molar-refractivity contribution < 1.29 is 4.79 Å². The summed E-state index contributed by atoms with van der Waals surface area (Å²) < 4.78 is 1.95. The highest BCUT2D eigenvalue weighted by Gasteiger charge is 2.23. The SMILES string of the molecule is O=C(c1cccs1)N1CCN(Cc2ccccc2Cn2cccn2)CC1. The molecule has 134 valence electrons. The Balaban J connectivity index is 1.37. The summed E-state index contributed by atoms with van der Waals surface area (Å²) in [5.41, 5.74) is 2.63. The third-order valence-corrected chi connectivity index (χ3v) is 5.65. The number of nitrogens with zero attached hydrogens (tertiary/aromatic N) is 4. The highest BCUT2D eigenvalue weighted by atomic mass is 32.1. The normalized spacial score (nSPS) is 15.3. The van der Waals surface area contributed by atoms with E-state index in [1.165, 1.54) is 22.5 Å². The van der Waals surface area contributed by atoms with Crippen LogP contribution in [0, 0.1) is 0 Å². The number of carbonyl (C=O) groups excluding carboxylic acids is 1. The zero-order chi connectivity index (χ0) is 17.8. The summed E-state index contributed by atoms with van der Waals surface area (Å²) >= 11 is 1.52. The van der Waals surface area contributed by atoms with Gasteiger partial charge in [0.15, 0.2) is 0 Å². The molecule has 2 aromatic heterocycles. The van der Waals surface area contributed by atoms with E-state index < -0.39 is 0 Å². The Hall–Kier alpha value is -2.44. The van der Waals surface area contributed by atoms with Gasteiger partial charge in [-0.25, -0.2) is 0 Å². The molecular weight excluding hydrogens is 344 g/mol. The van der Waals surface area contributed by atoms with Crippen LogP contribution in [0.2, 0.25) is 0 Å². The zero-order valence-corrected chi connectivity index (χ0v) is 15.4. The van der Waals surface area contributed by atoms with E-state index in [2.05, 4.69) is 34.3 Å². The minimum atomic E-state index is 0.165. The molecule has 5 nitrogen and oxygen atoms in total. The monoisotopic (exact) mass is 366 g/mol. The summed E-state index contributed by atoms with van der Waals surface area (Å²) in [5, 5.41) is 6.27. The van der Waals surface area contributed by atoms with Crippen molar-refractivity contribution in [3.8, 4) is 0 Å². The van der Waals surface area contributed by atoms with E-state index in [9.17, 15) is 4.79 Å². The molecule has 6 heteroatoms. The molecule has 0 N–H and O–H groups in total. The topological polar surface area (TPSA) is 41.4 Å². The molecule has 1 aliphatic rings. The summed E-state index contributed by atoms with van der Waals surface area (Å²) in [5.74, 6) is 0.165. The van der Waals surface area contributed by atoms with Gasteiger partial charge in [-0.05, 0) is 28.6 Å². The molecule has 0 atom stereocenters. The third kappa shape index (κ3) is 3.86. The van der Waals surface area contributed by atoms with Gasteiger partial charge < -0.3 is 4.90 Å². The zero-order valence-electron chi connectivity index (χ0n) is 14.6. The van der Waals surface area contributed by atoms with Crippen molar-refractivity contribution in [3.05, 3.63) is 76.2 Å². The Morgan fingerprint density at radius 3 is 2.38 bits per heavy atom. The molecule has 0 aliphatic carbocycles. The van der Waals surface area contributed by atoms with Gasteiger partial charge in [0.1, 0.15) is 0 Å². The van der Waals surface area contributed by atoms with Crippen LogP contribution in [-0.4, -0.2) is 51.7 Å². The van der Waals surface area contributed by atoms with Gasteiger partial charge in [0.2, 0.25) is 0 Å². The van der Waals surface area contributed by atoms with Crippen LogP contribution in [0.5, 0.6) is 0 Å². The van der Waals surface area contributed by atoms with Gasteiger partial charge in [-0.2, -0.15) is 5.10 Å². The van der Waals surface area contributed by atoms with Gasteiger partial charge in [-0.3, -0.25) is 14.4 Å². The lowest BCUT2D eigenvalue weighted by molar-refractivity contribution is 0.0633. The van der Waals surface area contributed by atoms with Crippen molar-refractivity contribution in [2.24, 2.45) is 0 Å². The lowest BCUT2D eigenvalue weighted by atomic mass is 10.1. The lowest BCUT2D eigenvalue weighted by Crippen LogP contribution is -2.48. The van der Waals surface area contributed by atoms with Crippen LogP contribution in [0.4, 0.5) is 0 Å². The van der Waals surface area contributed by atoms with Crippen molar-refractivity contribution in [3.63, 3.8) is 0 Å². The Morgan fingerprint density at radius 1 is 0.962 bits per heavy atom. The van der Waals surface area contributed by atoms with Crippen LogP contribution >= 0.6 is 11.3 Å². The minimum absolute atomic E-state index is 0.165. The maximum Gasteiger partial charge on any atom is 0.264 e. The minimum Gasteiger partial charge on any atom is -0.335 e. The fourth-order valence-electron chi connectivity index (χ4n) is 3.34. The maximum atomic E-state index is 12.5. The van der Waals surface area contributed by atoms with Crippen LogP contribution < -0.4 is 0 Å². The number of hydrogen-bond acceptors (Lipinski definition) is 4. The van der Waals surface area contributed by atoms with E-state index in [1.54, 1.807) is 0 Å². The first kappa shape index (κ1) is 17.0. The summed E-state index contributed by atoms with van der Waals surface area (Å²) in [6.07, 6.45) is 3.80. The first-order chi connectivity index (χ1) is 12.8. The summed E-state index contributed by atoms with van der Waals surface area (Å²) in [4.78, 5) is 17.7. The Morgan fingerprint density at radius 2 is 1.73 bits per heavy atom. The predicted octanol–water partition coefficient (Wildman–Crippen LogP) is 2.95. The second-order valence-corrected chi connectivity index (χ2v) is 7.47. The van der Waals surface area contributed by atoms with Crippen molar-refractivity contribution in [1.29, 1.82) is 0 Å². The second-order valence-electron chi connectivity index (χ2n) is 6.52. The van der Waals surface area contributed by atoms with E-state index >= 15 is 0 Å². The van der Waals surface area contributed by atoms with Gasteiger partial charge in [0.25, 0.3) is 5.91 Å². The molecule has 1 amide bonds. The van der Waals surface area contributed by atoms with Crippen molar-refractivity contribution in [2.75, 3.05) is 26.2 Å². The molecule has 26 heavy (non-hydrogen) atoms. The van der Waals surface area contributed by atoms with Gasteiger partial charge in [-0.15, -0.1) is 11.3 Å². The quantitative estimate of drug-likeness (QED) is 0.697. The molecule has 1 aromatic carbocycles. The van der Waals surface area contributed by atoms with Gasteiger partial charge >= 0.3 is 0 Å². The molecule has 0 unspecified atom stereocenters. The Bertz CT molecular complexity index is 837. The number of benzene rings is 1. The second kappa shape index (κ2) is 7.85. The summed E-state index contributed by atoms with van der Waals surface area (Å²) in [6, 6.07) is 14.3. The molecule has 1 saturated heterocycles. The van der Waals surface area contributed by atoms with Crippen LogP contribution in [0.3, 0.4) is 0 Å². The van der Waals surface area contributed by atoms with E-state index in [1.807, 2.05) is 45.6 Å². The number of rotatable bonds is 5. The molecule has 3 aromatic rings. The Labute approximate surface area is 157 Å². The van der Waals surface area contributed by atoms with Gasteiger partial charge in [0, 0.05) is 45.1 Å². The maximum absolute atomic E-state index is 12.5. The summed E-state index contributed by atoms with van der Waals surface area (Å²) in [7, 11) is 0.